The van der Waals surface area contributed by atoms with Crippen LogP contribution in [0.5, 0.6) is 0 Å². The molecule has 4 aliphatic heterocycles. The van der Waals surface area contributed by atoms with E-state index >= 15 is 0 Å². The third-order valence-corrected chi connectivity index (χ3v) is 21.6. The molecule has 2 N–H and O–H groups in total. The van der Waals surface area contributed by atoms with E-state index in [2.05, 4.69) is 269 Å². The SMILES string of the molecule is CC1(C)C(=CC=CC=CC=CC2=[N+](CCCCS(=O)(=O)O)c3ccc4ccccc4c3C2(C)C)N(CCCCS(=O)(=O)[O-])c2ccc3ccccc3c21.CCC[N+]1=C(/C=C/C=C/C=C/C=C2/N(CCC(=O)O)c3ccc4ccccc4c3C2(C)C)C(C)(C)c2c1ccc1ccccc21. The van der Waals surface area contributed by atoms with Crippen LogP contribution in [-0.4, -0.2) is 95.3 Å². The predicted molar refractivity (Wildman–Crippen MR) is 405 cm³/mol. The normalized spacial score (nSPS) is 17.9. The zero-order chi connectivity index (χ0) is 69.8. The number of unbranched alkanes of at least 4 members (excludes halogenated alkanes) is 2. The van der Waals surface area contributed by atoms with Gasteiger partial charge in [-0.2, -0.15) is 17.6 Å². The van der Waals surface area contributed by atoms with Gasteiger partial charge in [0.05, 0.1) is 33.1 Å². The number of benzene rings is 8. The number of anilines is 2. The molecule has 0 aromatic heterocycles. The fourth-order valence-electron chi connectivity index (χ4n) is 15.6. The number of nitrogens with zero attached hydrogens (tertiary/aromatic N) is 4. The highest BCUT2D eigenvalue weighted by Crippen LogP contribution is 2.53. The number of fused-ring (bicyclic) bond motifs is 12. The maximum Gasteiger partial charge on any atom is 0.305 e. The predicted octanol–water partition coefficient (Wildman–Crippen LogP) is 18.3. The van der Waals surface area contributed by atoms with Crippen LogP contribution < -0.4 is 9.80 Å². The second-order valence-corrected chi connectivity index (χ2v) is 31.2. The Labute approximate surface area is 579 Å². The molecule has 0 bridgehead atoms. The number of carboxylic acids is 1. The summed E-state index contributed by atoms with van der Waals surface area (Å²) in [7, 11) is -8.27. The highest BCUT2D eigenvalue weighted by Gasteiger charge is 2.47. The first-order valence-electron chi connectivity index (χ1n) is 34.2. The number of allylic oxidation sites excluding steroid dienone is 16. The smallest absolute Gasteiger partial charge is 0.305 e. The minimum Gasteiger partial charge on any atom is -0.748 e. The Hall–Kier alpha value is -9.05. The molecule has 0 saturated carbocycles. The summed E-state index contributed by atoms with van der Waals surface area (Å²) in [6, 6.07) is 51.2. The first-order chi connectivity index (χ1) is 46.8. The Morgan fingerprint density at radius 1 is 0.449 bits per heavy atom. The topological polar surface area (TPSA) is 161 Å². The summed E-state index contributed by atoms with van der Waals surface area (Å²) in [5.41, 5.74) is 13.4. The first-order valence-corrected chi connectivity index (χ1v) is 37.4. The van der Waals surface area contributed by atoms with E-state index < -0.39 is 26.2 Å². The first kappa shape index (κ1) is 70.3. The molecular formula is C84H91N4O8S2+. The zero-order valence-electron chi connectivity index (χ0n) is 57.9. The van der Waals surface area contributed by atoms with Crippen molar-refractivity contribution >= 4 is 103 Å². The molecular weight excluding hydrogens is 1260 g/mol. The monoisotopic (exact) mass is 1350 g/mol. The molecule has 14 heteroatoms. The van der Waals surface area contributed by atoms with Crippen LogP contribution in [0, 0.1) is 0 Å². The van der Waals surface area contributed by atoms with E-state index in [0.29, 0.717) is 45.3 Å². The molecule has 4 heterocycles. The van der Waals surface area contributed by atoms with Gasteiger partial charge in [0, 0.05) is 101 Å². The fraction of sp³-hybridized carbons (Fsp3) is 0.298. The van der Waals surface area contributed by atoms with Gasteiger partial charge >= 0.3 is 5.97 Å². The molecule has 0 saturated heterocycles. The van der Waals surface area contributed by atoms with Crippen molar-refractivity contribution < 1.29 is 45.0 Å². The highest BCUT2D eigenvalue weighted by atomic mass is 32.2. The number of hydrogen-bond acceptors (Lipinski definition) is 8. The Morgan fingerprint density at radius 3 is 1.24 bits per heavy atom. The van der Waals surface area contributed by atoms with Crippen molar-refractivity contribution in [3.05, 3.63) is 264 Å². The molecule has 12 rings (SSSR count). The third-order valence-electron chi connectivity index (χ3n) is 20.0. The average molecular weight is 1350 g/mol. The van der Waals surface area contributed by atoms with Crippen LogP contribution in [0.3, 0.4) is 0 Å². The summed E-state index contributed by atoms with van der Waals surface area (Å²) >= 11 is 0. The van der Waals surface area contributed by atoms with Crippen molar-refractivity contribution in [2.75, 3.05) is 47.5 Å². The molecule has 0 radical (unpaired) electrons. The Morgan fingerprint density at radius 2 is 0.827 bits per heavy atom. The summed E-state index contributed by atoms with van der Waals surface area (Å²) in [5, 5.41) is 19.2. The van der Waals surface area contributed by atoms with E-state index in [0.717, 1.165) is 47.1 Å². The van der Waals surface area contributed by atoms with E-state index in [1.165, 1.54) is 76.7 Å². The lowest BCUT2D eigenvalue weighted by atomic mass is 9.79. The van der Waals surface area contributed by atoms with E-state index in [-0.39, 0.29) is 39.6 Å². The molecule has 8 aromatic rings. The third kappa shape index (κ3) is 14.4. The van der Waals surface area contributed by atoms with Gasteiger partial charge in [0.1, 0.15) is 13.1 Å². The van der Waals surface area contributed by atoms with E-state index in [1.54, 1.807) is 0 Å². The second-order valence-electron chi connectivity index (χ2n) is 28.1. The van der Waals surface area contributed by atoms with Crippen molar-refractivity contribution in [1.29, 1.82) is 0 Å². The lowest BCUT2D eigenvalue weighted by Crippen LogP contribution is -2.28. The number of carbonyl (C=O) groups is 1. The van der Waals surface area contributed by atoms with Gasteiger partial charge in [0.2, 0.25) is 11.4 Å². The molecule has 0 atom stereocenters. The summed E-state index contributed by atoms with van der Waals surface area (Å²) in [5.74, 6) is -1.41. The second kappa shape index (κ2) is 28.8. The lowest BCUT2D eigenvalue weighted by Gasteiger charge is -2.27. The van der Waals surface area contributed by atoms with Crippen molar-refractivity contribution in [2.45, 2.75) is 122 Å². The van der Waals surface area contributed by atoms with Gasteiger partial charge < -0.3 is 19.5 Å². The van der Waals surface area contributed by atoms with Crippen molar-refractivity contribution in [1.82, 2.24) is 0 Å². The van der Waals surface area contributed by atoms with Crippen LogP contribution in [0.25, 0.3) is 43.1 Å². The van der Waals surface area contributed by atoms with Crippen molar-refractivity contribution in [2.24, 2.45) is 0 Å². The minimum absolute atomic E-state index is 0.0813. The van der Waals surface area contributed by atoms with Crippen LogP contribution in [0.1, 0.15) is 123 Å². The van der Waals surface area contributed by atoms with E-state index in [4.69, 9.17) is 0 Å². The van der Waals surface area contributed by atoms with E-state index in [9.17, 15) is 35.8 Å². The van der Waals surface area contributed by atoms with Gasteiger partial charge in [0.25, 0.3) is 10.1 Å². The molecule has 506 valence electrons. The Balaban J connectivity index is 0.000000201. The van der Waals surface area contributed by atoms with Gasteiger partial charge in [0.15, 0.2) is 11.4 Å². The molecule has 4 aliphatic rings. The van der Waals surface area contributed by atoms with E-state index in [1.807, 2.05) is 42.5 Å². The summed E-state index contributed by atoms with van der Waals surface area (Å²) in [4.78, 5) is 16.0. The van der Waals surface area contributed by atoms with Crippen LogP contribution in [0.15, 0.2) is 242 Å². The highest BCUT2D eigenvalue weighted by molar-refractivity contribution is 7.85. The summed E-state index contributed by atoms with van der Waals surface area (Å²) < 4.78 is 70.6. The van der Waals surface area contributed by atoms with Crippen LogP contribution >= 0.6 is 0 Å². The van der Waals surface area contributed by atoms with Crippen LogP contribution in [0.2, 0.25) is 0 Å². The maximum atomic E-state index is 11.5. The number of carboxylic acid groups (broad SMARTS) is 1. The van der Waals surface area contributed by atoms with Gasteiger partial charge in [-0.3, -0.25) is 9.35 Å². The van der Waals surface area contributed by atoms with Gasteiger partial charge in [-0.1, -0.05) is 205 Å². The number of hydrogen-bond donors (Lipinski definition) is 2. The molecule has 98 heavy (non-hydrogen) atoms. The number of rotatable bonds is 23. The lowest BCUT2D eigenvalue weighted by molar-refractivity contribution is -0.438. The van der Waals surface area contributed by atoms with Crippen LogP contribution in [0.4, 0.5) is 22.7 Å². The van der Waals surface area contributed by atoms with Gasteiger partial charge in [-0.05, 0) is 138 Å². The van der Waals surface area contributed by atoms with Crippen molar-refractivity contribution in [3.63, 3.8) is 0 Å². The average Bonchev–Trinajstić information content (AvgIpc) is 1.66. The Kier molecular flexibility index (Phi) is 20.7. The molecule has 0 amide bonds. The molecule has 12 nitrogen and oxygen atoms in total. The Bertz CT molecular complexity index is 5000. The molecule has 0 aliphatic carbocycles. The molecule has 0 unspecified atom stereocenters. The quantitative estimate of drug-likeness (QED) is 0.0273. The largest absolute Gasteiger partial charge is 0.748 e. The zero-order valence-corrected chi connectivity index (χ0v) is 59.5. The molecule has 0 fully saturated rings. The standard InChI is InChI=1S/C43H48N2O6S2.C41H42N2O2/c1-42(2)38(44(28-14-16-30-52(46,47)48)36-26-24-32-18-10-12-20-34(32)40(36)42)22-8-6-5-7-9-23-39-43(3,4)41-35-21-13-11-19-33(35)25-27-37(41)45(39)29-15-17-31-53(49,50)51;1-6-27-42-33-24-22-29-16-12-14-18-31(29)38(33)40(2,3)35(42)20-10-8-7-9-11-21-36-41(4,5)39-32-19-15-13-17-30(32)23-25-34(39)43(36)28-26-37(44)45/h5-13,18-27H,14-17,28-31H2,1-4H3,(H-,46,47,48,49,50,51);7-25H,6,26-28H2,1-5H3/p+1. The summed E-state index contributed by atoms with van der Waals surface area (Å²) in [6.07, 6.45) is 32.2. The number of aliphatic carboxylic acids is 1. The maximum absolute atomic E-state index is 11.5. The van der Waals surface area contributed by atoms with Crippen LogP contribution in [-0.2, 0) is 46.7 Å². The van der Waals surface area contributed by atoms with Gasteiger partial charge in [-0.25, -0.2) is 8.42 Å². The van der Waals surface area contributed by atoms with Gasteiger partial charge in [-0.15, -0.1) is 0 Å². The minimum atomic E-state index is -4.26. The fourth-order valence-corrected chi connectivity index (χ4v) is 16.7. The molecule has 8 aromatic carbocycles. The van der Waals surface area contributed by atoms with Crippen molar-refractivity contribution in [3.8, 4) is 0 Å². The summed E-state index contributed by atoms with van der Waals surface area (Å²) in [6.45, 7) is 22.9. The molecule has 0 spiro atoms.